The molecule has 0 bridgehead atoms. The SMILES string of the molecule is CCCCCCCCOc1ccc(C(=O)Oc2ccc(-c3cc[c]cc3OCCCCCCCC3CC3)cc2)cc1. The van der Waals surface area contributed by atoms with Gasteiger partial charge in [-0.15, -0.1) is 0 Å². The van der Waals surface area contributed by atoms with E-state index in [4.69, 9.17) is 14.2 Å². The van der Waals surface area contributed by atoms with E-state index in [0.29, 0.717) is 24.5 Å². The number of esters is 1. The molecule has 1 radical (unpaired) electrons. The van der Waals surface area contributed by atoms with Gasteiger partial charge in [0.2, 0.25) is 0 Å². The van der Waals surface area contributed by atoms with Gasteiger partial charge in [0.15, 0.2) is 0 Å². The minimum atomic E-state index is -0.383. The molecule has 0 unspecified atom stereocenters. The average molecular weight is 556 g/mol. The predicted molar refractivity (Wildman–Crippen MR) is 167 cm³/mol. The van der Waals surface area contributed by atoms with Crippen LogP contribution in [-0.4, -0.2) is 19.2 Å². The fourth-order valence-electron chi connectivity index (χ4n) is 5.06. The normalized spacial score (nSPS) is 12.7. The number of ether oxygens (including phenoxy) is 3. The minimum absolute atomic E-state index is 0.383. The summed E-state index contributed by atoms with van der Waals surface area (Å²) in [5.74, 6) is 2.79. The Morgan fingerprint density at radius 2 is 1.37 bits per heavy atom. The van der Waals surface area contributed by atoms with E-state index in [0.717, 1.165) is 41.4 Å². The Labute approximate surface area is 247 Å². The van der Waals surface area contributed by atoms with Crippen LogP contribution in [-0.2, 0) is 0 Å². The molecule has 0 saturated heterocycles. The summed E-state index contributed by atoms with van der Waals surface area (Å²) in [5.41, 5.74) is 2.53. The van der Waals surface area contributed by atoms with E-state index in [1.807, 2.05) is 54.6 Å². The third kappa shape index (κ3) is 11.3. The second-order valence-corrected chi connectivity index (χ2v) is 11.3. The largest absolute Gasteiger partial charge is 0.494 e. The number of hydrogen-bond donors (Lipinski definition) is 0. The second kappa shape index (κ2) is 17.5. The standard InChI is InChI=1S/C37H47O4/c1-2-3-4-5-8-13-28-39-33-24-22-32(23-25-33)37(38)41-34-26-20-31(21-27-34)35-16-11-12-17-36(35)40-29-14-9-6-7-10-15-30-18-19-30/h11,16-17,20-27,30H,2-10,13-15,18-19,28-29H2,1H3. The van der Waals surface area contributed by atoms with Crippen molar-refractivity contribution < 1.29 is 19.0 Å². The molecule has 0 N–H and O–H groups in total. The van der Waals surface area contributed by atoms with Crippen molar-refractivity contribution in [3.8, 4) is 28.4 Å². The number of rotatable bonds is 20. The molecule has 3 aromatic rings. The molecule has 0 heterocycles. The van der Waals surface area contributed by atoms with E-state index in [9.17, 15) is 4.79 Å². The smallest absolute Gasteiger partial charge is 0.343 e. The van der Waals surface area contributed by atoms with E-state index >= 15 is 0 Å². The molecule has 1 aliphatic carbocycles. The molecule has 4 nitrogen and oxygen atoms in total. The van der Waals surface area contributed by atoms with Crippen LogP contribution >= 0.6 is 0 Å². The first-order valence-corrected chi connectivity index (χ1v) is 15.9. The van der Waals surface area contributed by atoms with Crippen molar-refractivity contribution in [3.05, 3.63) is 78.4 Å². The van der Waals surface area contributed by atoms with Crippen LogP contribution in [0.4, 0.5) is 0 Å². The highest BCUT2D eigenvalue weighted by Gasteiger charge is 2.19. The van der Waals surface area contributed by atoms with Crippen molar-refractivity contribution in [2.45, 2.75) is 96.8 Å². The molecule has 0 aromatic heterocycles. The quantitative estimate of drug-likeness (QED) is 0.0790. The highest BCUT2D eigenvalue weighted by molar-refractivity contribution is 5.91. The number of carbonyl (C=O) groups is 1. The molecular formula is C37H47O4. The van der Waals surface area contributed by atoms with Crippen molar-refractivity contribution in [2.24, 2.45) is 5.92 Å². The van der Waals surface area contributed by atoms with Gasteiger partial charge in [-0.2, -0.15) is 0 Å². The van der Waals surface area contributed by atoms with Gasteiger partial charge in [-0.1, -0.05) is 108 Å². The van der Waals surface area contributed by atoms with Crippen LogP contribution in [0.3, 0.4) is 0 Å². The van der Waals surface area contributed by atoms with Crippen molar-refractivity contribution in [1.82, 2.24) is 0 Å². The molecule has 1 fully saturated rings. The zero-order valence-corrected chi connectivity index (χ0v) is 24.9. The summed E-state index contributed by atoms with van der Waals surface area (Å²) in [7, 11) is 0. The highest BCUT2D eigenvalue weighted by atomic mass is 16.5. The van der Waals surface area contributed by atoms with Crippen molar-refractivity contribution in [2.75, 3.05) is 13.2 Å². The Morgan fingerprint density at radius 3 is 2.07 bits per heavy atom. The molecule has 4 rings (SSSR count). The Morgan fingerprint density at radius 1 is 0.732 bits per heavy atom. The molecule has 219 valence electrons. The maximum atomic E-state index is 12.7. The second-order valence-electron chi connectivity index (χ2n) is 11.3. The van der Waals surface area contributed by atoms with E-state index < -0.39 is 0 Å². The topological polar surface area (TPSA) is 44.8 Å². The molecule has 41 heavy (non-hydrogen) atoms. The lowest BCUT2D eigenvalue weighted by Crippen LogP contribution is -2.08. The van der Waals surface area contributed by atoms with Gasteiger partial charge in [-0.3, -0.25) is 0 Å². The fourth-order valence-corrected chi connectivity index (χ4v) is 5.06. The summed E-state index contributed by atoms with van der Waals surface area (Å²) in [6, 6.07) is 23.7. The zero-order chi connectivity index (χ0) is 28.5. The molecule has 1 saturated carbocycles. The molecule has 0 aliphatic heterocycles. The first-order chi connectivity index (χ1) is 20.2. The highest BCUT2D eigenvalue weighted by Crippen LogP contribution is 2.34. The van der Waals surface area contributed by atoms with Crippen molar-refractivity contribution in [3.63, 3.8) is 0 Å². The lowest BCUT2D eigenvalue weighted by molar-refractivity contribution is 0.0734. The number of unbranched alkanes of at least 4 members (excludes halogenated alkanes) is 9. The van der Waals surface area contributed by atoms with Gasteiger partial charge in [-0.25, -0.2) is 4.79 Å². The van der Waals surface area contributed by atoms with Crippen LogP contribution < -0.4 is 14.2 Å². The summed E-state index contributed by atoms with van der Waals surface area (Å²) >= 11 is 0. The lowest BCUT2D eigenvalue weighted by Gasteiger charge is -2.12. The Kier molecular flexibility index (Phi) is 13.1. The fraction of sp³-hybridized carbons (Fsp3) is 0.486. The lowest BCUT2D eigenvalue weighted by atomic mass is 10.0. The van der Waals surface area contributed by atoms with E-state index in [1.165, 1.54) is 77.0 Å². The average Bonchev–Trinajstić information content (AvgIpc) is 3.83. The summed E-state index contributed by atoms with van der Waals surface area (Å²) in [4.78, 5) is 12.7. The molecule has 4 heteroatoms. The molecule has 3 aromatic carbocycles. The molecule has 0 spiro atoms. The van der Waals surface area contributed by atoms with Gasteiger partial charge in [0.05, 0.1) is 18.8 Å². The molecular weight excluding hydrogens is 508 g/mol. The number of benzene rings is 3. The number of hydrogen-bond acceptors (Lipinski definition) is 4. The van der Waals surface area contributed by atoms with Gasteiger partial charge < -0.3 is 14.2 Å². The Hall–Kier alpha value is -3.27. The predicted octanol–water partition coefficient (Wildman–Crippen LogP) is 10.2. The van der Waals surface area contributed by atoms with Crippen LogP contribution in [0.15, 0.2) is 66.7 Å². The Balaban J connectivity index is 1.18. The van der Waals surface area contributed by atoms with Crippen molar-refractivity contribution >= 4 is 5.97 Å². The van der Waals surface area contributed by atoms with Crippen molar-refractivity contribution in [1.29, 1.82) is 0 Å². The third-order valence-corrected chi connectivity index (χ3v) is 7.77. The van der Waals surface area contributed by atoms with Crippen LogP contribution in [0.1, 0.15) is 107 Å². The van der Waals surface area contributed by atoms with E-state index in [-0.39, 0.29) is 5.97 Å². The van der Waals surface area contributed by atoms with Gasteiger partial charge in [0.1, 0.15) is 17.2 Å². The summed E-state index contributed by atoms with van der Waals surface area (Å²) < 4.78 is 17.6. The maximum Gasteiger partial charge on any atom is 0.343 e. The molecule has 0 amide bonds. The molecule has 1 aliphatic rings. The number of carbonyl (C=O) groups excluding carboxylic acids is 1. The third-order valence-electron chi connectivity index (χ3n) is 7.77. The minimum Gasteiger partial charge on any atom is -0.494 e. The summed E-state index contributed by atoms with van der Waals surface area (Å²) in [5, 5.41) is 0. The Bertz CT molecular complexity index is 1150. The molecule has 0 atom stereocenters. The van der Waals surface area contributed by atoms with Gasteiger partial charge in [-0.05, 0) is 72.9 Å². The summed E-state index contributed by atoms with van der Waals surface area (Å²) in [6.45, 7) is 3.65. The first-order valence-electron chi connectivity index (χ1n) is 15.9. The van der Waals surface area contributed by atoms with E-state index in [1.54, 1.807) is 12.1 Å². The van der Waals surface area contributed by atoms with Crippen LogP contribution in [0.5, 0.6) is 17.2 Å². The summed E-state index contributed by atoms with van der Waals surface area (Å²) in [6.07, 6.45) is 18.0. The maximum absolute atomic E-state index is 12.7. The van der Waals surface area contributed by atoms with Crippen LogP contribution in [0.25, 0.3) is 11.1 Å². The van der Waals surface area contributed by atoms with E-state index in [2.05, 4.69) is 13.0 Å². The zero-order valence-electron chi connectivity index (χ0n) is 24.9. The van der Waals surface area contributed by atoms with Gasteiger partial charge in [0.25, 0.3) is 0 Å². The van der Waals surface area contributed by atoms with Gasteiger partial charge in [0, 0.05) is 5.56 Å². The monoisotopic (exact) mass is 555 g/mol. The van der Waals surface area contributed by atoms with Crippen LogP contribution in [0.2, 0.25) is 0 Å². The van der Waals surface area contributed by atoms with Crippen LogP contribution in [0, 0.1) is 12.0 Å². The van der Waals surface area contributed by atoms with Gasteiger partial charge >= 0.3 is 5.97 Å². The first kappa shape index (κ1) is 30.7.